The summed E-state index contributed by atoms with van der Waals surface area (Å²) >= 11 is 0. The van der Waals surface area contributed by atoms with Gasteiger partial charge < -0.3 is 14.7 Å². The highest BCUT2D eigenvalue weighted by Crippen LogP contribution is 2.12. The van der Waals surface area contributed by atoms with E-state index in [1.165, 1.54) is 15.9 Å². The molecule has 0 bridgehead atoms. The first-order valence-corrected chi connectivity index (χ1v) is 7.08. The maximum Gasteiger partial charge on any atom is 0.334 e. The van der Waals surface area contributed by atoms with Crippen LogP contribution in [0.2, 0.25) is 0 Å². The first-order valence-electron chi connectivity index (χ1n) is 7.08. The Morgan fingerprint density at radius 1 is 1.30 bits per heavy atom. The van der Waals surface area contributed by atoms with Crippen molar-refractivity contribution in [3.63, 3.8) is 0 Å². The van der Waals surface area contributed by atoms with E-state index >= 15 is 0 Å². The molecule has 1 aliphatic heterocycles. The van der Waals surface area contributed by atoms with Gasteiger partial charge in [0, 0.05) is 6.54 Å². The molecule has 9 heteroatoms. The molecule has 1 amide bonds. The van der Waals surface area contributed by atoms with Crippen LogP contribution in [0.5, 0.6) is 0 Å². The molecule has 1 aromatic heterocycles. The van der Waals surface area contributed by atoms with Crippen LogP contribution in [0.15, 0.2) is 30.6 Å². The van der Waals surface area contributed by atoms with Crippen LogP contribution in [0.1, 0.15) is 5.56 Å². The Hall–Kier alpha value is -2.81. The minimum Gasteiger partial charge on any atom is -0.479 e. The van der Waals surface area contributed by atoms with Crippen LogP contribution in [-0.4, -0.2) is 67.9 Å². The van der Waals surface area contributed by atoms with Gasteiger partial charge in [-0.25, -0.2) is 9.48 Å². The van der Waals surface area contributed by atoms with Gasteiger partial charge in [0.2, 0.25) is 5.91 Å². The molecule has 0 unspecified atom stereocenters. The molecule has 0 aliphatic carbocycles. The molecule has 9 nitrogen and oxygen atoms in total. The molecule has 3 rings (SSSR count). The van der Waals surface area contributed by atoms with Crippen molar-refractivity contribution in [3.8, 4) is 5.69 Å². The number of tetrazole rings is 1. The third-order valence-electron chi connectivity index (χ3n) is 3.60. The topological polar surface area (TPSA) is 110 Å². The number of morpholine rings is 1. The number of rotatable bonds is 4. The molecule has 1 atom stereocenters. The molecule has 0 radical (unpaired) electrons. The summed E-state index contributed by atoms with van der Waals surface area (Å²) in [5.41, 5.74) is 1.63. The molecule has 0 saturated carbocycles. The van der Waals surface area contributed by atoms with E-state index in [1.54, 1.807) is 0 Å². The lowest BCUT2D eigenvalue weighted by atomic mass is 10.1. The molecule has 2 heterocycles. The molecule has 120 valence electrons. The molecular formula is C14H15N5O4. The molecule has 1 N–H and O–H groups in total. The van der Waals surface area contributed by atoms with E-state index in [2.05, 4.69) is 15.5 Å². The zero-order valence-electron chi connectivity index (χ0n) is 12.2. The highest BCUT2D eigenvalue weighted by molar-refractivity contribution is 5.80. The lowest BCUT2D eigenvalue weighted by molar-refractivity contribution is -0.159. The van der Waals surface area contributed by atoms with Crippen LogP contribution in [0, 0.1) is 0 Å². The highest BCUT2D eigenvalue weighted by Gasteiger charge is 2.28. The molecule has 1 aliphatic rings. The molecule has 1 aromatic carbocycles. The number of aromatic nitrogens is 4. The Bertz CT molecular complexity index is 686. The van der Waals surface area contributed by atoms with Gasteiger partial charge in [0.1, 0.15) is 6.33 Å². The number of ether oxygens (including phenoxy) is 1. The van der Waals surface area contributed by atoms with Crippen LogP contribution < -0.4 is 0 Å². The Labute approximate surface area is 131 Å². The zero-order valence-corrected chi connectivity index (χ0v) is 12.2. The van der Waals surface area contributed by atoms with E-state index in [4.69, 9.17) is 9.84 Å². The van der Waals surface area contributed by atoms with E-state index in [9.17, 15) is 9.59 Å². The van der Waals surface area contributed by atoms with Crippen LogP contribution in [0.3, 0.4) is 0 Å². The van der Waals surface area contributed by atoms with Gasteiger partial charge in [-0.15, -0.1) is 5.10 Å². The van der Waals surface area contributed by atoms with E-state index in [1.807, 2.05) is 24.3 Å². The van der Waals surface area contributed by atoms with Gasteiger partial charge in [0.05, 0.1) is 25.3 Å². The summed E-state index contributed by atoms with van der Waals surface area (Å²) in [5.74, 6) is -1.16. The number of carboxylic acids is 1. The van der Waals surface area contributed by atoms with Crippen LogP contribution in [0.25, 0.3) is 5.69 Å². The van der Waals surface area contributed by atoms with Crippen molar-refractivity contribution < 1.29 is 19.4 Å². The number of aliphatic carboxylic acids is 1. The number of carboxylic acid groups (broad SMARTS) is 1. The first kappa shape index (κ1) is 15.1. The number of benzene rings is 1. The van der Waals surface area contributed by atoms with Gasteiger partial charge in [-0.05, 0) is 28.1 Å². The number of amides is 1. The van der Waals surface area contributed by atoms with Gasteiger partial charge in [-0.3, -0.25) is 4.79 Å². The van der Waals surface area contributed by atoms with E-state index < -0.39 is 12.1 Å². The molecule has 1 saturated heterocycles. The summed E-state index contributed by atoms with van der Waals surface area (Å²) in [6.07, 6.45) is 0.747. The minimum absolute atomic E-state index is 0.0802. The van der Waals surface area contributed by atoms with E-state index in [0.29, 0.717) is 6.54 Å². The number of carbonyl (C=O) groups excluding carboxylic acids is 1. The van der Waals surface area contributed by atoms with Gasteiger partial charge >= 0.3 is 5.97 Å². The Balaban J connectivity index is 1.62. The molecule has 1 fully saturated rings. The maximum atomic E-state index is 12.3. The van der Waals surface area contributed by atoms with Crippen molar-refractivity contribution >= 4 is 11.9 Å². The molecule has 23 heavy (non-hydrogen) atoms. The lowest BCUT2D eigenvalue weighted by Crippen LogP contribution is -2.49. The van der Waals surface area contributed by atoms with Crippen molar-refractivity contribution in [1.29, 1.82) is 0 Å². The first-order chi connectivity index (χ1) is 11.1. The Morgan fingerprint density at radius 2 is 2.09 bits per heavy atom. The smallest absolute Gasteiger partial charge is 0.334 e. The predicted octanol–water partition coefficient (Wildman–Crippen LogP) is -0.483. The summed E-state index contributed by atoms with van der Waals surface area (Å²) in [6.45, 7) is 0.725. The quantitative estimate of drug-likeness (QED) is 0.810. The average Bonchev–Trinajstić information content (AvgIpc) is 3.10. The second-order valence-corrected chi connectivity index (χ2v) is 5.14. The second kappa shape index (κ2) is 6.53. The predicted molar refractivity (Wildman–Crippen MR) is 76.8 cm³/mol. The van der Waals surface area contributed by atoms with Crippen molar-refractivity contribution in [2.24, 2.45) is 0 Å². The van der Waals surface area contributed by atoms with Crippen molar-refractivity contribution in [2.45, 2.75) is 12.5 Å². The number of hydrogen-bond acceptors (Lipinski definition) is 6. The van der Waals surface area contributed by atoms with Gasteiger partial charge in [0.25, 0.3) is 0 Å². The van der Waals surface area contributed by atoms with E-state index in [-0.39, 0.29) is 25.5 Å². The summed E-state index contributed by atoms with van der Waals surface area (Å²) in [7, 11) is 0. The lowest BCUT2D eigenvalue weighted by Gasteiger charge is -2.31. The van der Waals surface area contributed by atoms with Gasteiger partial charge in [-0.2, -0.15) is 0 Å². The largest absolute Gasteiger partial charge is 0.479 e. The normalized spacial score (nSPS) is 17.9. The maximum absolute atomic E-state index is 12.3. The highest BCUT2D eigenvalue weighted by atomic mass is 16.5. The van der Waals surface area contributed by atoms with Crippen molar-refractivity contribution in [2.75, 3.05) is 19.7 Å². The molecular weight excluding hydrogens is 302 g/mol. The van der Waals surface area contributed by atoms with Crippen LogP contribution in [0.4, 0.5) is 0 Å². The standard InChI is InChI=1S/C14H15N5O4/c20-13(18-5-6-23-12(8-18)14(21)22)7-10-1-3-11(4-2-10)19-9-15-16-17-19/h1-4,9,12H,5-8H2,(H,21,22)/t12-/m0/s1. The number of hydrogen-bond donors (Lipinski definition) is 1. The fourth-order valence-electron chi connectivity index (χ4n) is 2.36. The number of carbonyl (C=O) groups is 2. The van der Waals surface area contributed by atoms with Crippen molar-refractivity contribution in [1.82, 2.24) is 25.1 Å². The SMILES string of the molecule is O=C(O)[C@@H]1CN(C(=O)Cc2ccc(-n3cnnn3)cc2)CCO1. The van der Waals surface area contributed by atoms with Gasteiger partial charge in [-0.1, -0.05) is 12.1 Å². The summed E-state index contributed by atoms with van der Waals surface area (Å²) in [6, 6.07) is 7.28. The Morgan fingerprint density at radius 3 is 2.74 bits per heavy atom. The monoisotopic (exact) mass is 317 g/mol. The summed E-state index contributed by atoms with van der Waals surface area (Å²) in [5, 5.41) is 19.9. The fraction of sp³-hybridized carbons (Fsp3) is 0.357. The Kier molecular flexibility index (Phi) is 4.29. The summed E-state index contributed by atoms with van der Waals surface area (Å²) < 4.78 is 6.63. The van der Waals surface area contributed by atoms with Gasteiger partial charge in [0.15, 0.2) is 6.10 Å². The summed E-state index contributed by atoms with van der Waals surface area (Å²) in [4.78, 5) is 24.8. The van der Waals surface area contributed by atoms with Crippen LogP contribution in [-0.2, 0) is 20.7 Å². The average molecular weight is 317 g/mol. The molecule has 2 aromatic rings. The molecule has 0 spiro atoms. The second-order valence-electron chi connectivity index (χ2n) is 5.14. The number of nitrogens with zero attached hydrogens (tertiary/aromatic N) is 5. The fourth-order valence-corrected chi connectivity index (χ4v) is 2.36. The van der Waals surface area contributed by atoms with E-state index in [0.717, 1.165) is 11.3 Å². The minimum atomic E-state index is -1.05. The van der Waals surface area contributed by atoms with Crippen LogP contribution >= 0.6 is 0 Å². The third kappa shape index (κ3) is 3.51. The third-order valence-corrected chi connectivity index (χ3v) is 3.60. The zero-order chi connectivity index (χ0) is 16.2. The van der Waals surface area contributed by atoms with Crippen molar-refractivity contribution in [3.05, 3.63) is 36.2 Å².